The first-order valence-corrected chi connectivity index (χ1v) is 8.49. The highest BCUT2D eigenvalue weighted by Crippen LogP contribution is 2.25. The Hall–Kier alpha value is -3.32. The molecule has 1 unspecified atom stereocenters. The average Bonchev–Trinajstić information content (AvgIpc) is 3.18. The average molecular weight is 386 g/mol. The number of hydrogen-bond donors (Lipinski definition) is 2. The van der Waals surface area contributed by atoms with Gasteiger partial charge in [-0.2, -0.15) is 0 Å². The SMILES string of the molecule is O=C(CC(Nc1ccc([N+](=O)[O-])cc1)c1ccco1)Nc1ccc(Cl)cc1. The van der Waals surface area contributed by atoms with Gasteiger partial charge in [0, 0.05) is 28.5 Å². The summed E-state index contributed by atoms with van der Waals surface area (Å²) in [5.74, 6) is 0.368. The van der Waals surface area contributed by atoms with Crippen molar-refractivity contribution in [2.45, 2.75) is 12.5 Å². The molecule has 8 heteroatoms. The molecule has 0 spiro atoms. The van der Waals surface area contributed by atoms with Crippen LogP contribution in [0.2, 0.25) is 5.02 Å². The van der Waals surface area contributed by atoms with Crippen LogP contribution >= 0.6 is 11.6 Å². The van der Waals surface area contributed by atoms with E-state index < -0.39 is 11.0 Å². The maximum Gasteiger partial charge on any atom is 0.269 e. The molecule has 2 aromatic carbocycles. The number of carbonyl (C=O) groups is 1. The van der Waals surface area contributed by atoms with E-state index in [9.17, 15) is 14.9 Å². The van der Waals surface area contributed by atoms with E-state index in [4.69, 9.17) is 16.0 Å². The molecule has 0 fully saturated rings. The minimum absolute atomic E-state index is 0.00409. The molecular formula is C19H16ClN3O4. The fourth-order valence-corrected chi connectivity index (χ4v) is 2.65. The lowest BCUT2D eigenvalue weighted by Gasteiger charge is -2.18. The molecule has 0 saturated heterocycles. The predicted molar refractivity (Wildman–Crippen MR) is 103 cm³/mol. The van der Waals surface area contributed by atoms with Gasteiger partial charge in [-0.3, -0.25) is 14.9 Å². The summed E-state index contributed by atoms with van der Waals surface area (Å²) in [6.45, 7) is 0. The fourth-order valence-electron chi connectivity index (χ4n) is 2.52. The smallest absolute Gasteiger partial charge is 0.269 e. The van der Waals surface area contributed by atoms with Gasteiger partial charge in [0.2, 0.25) is 5.91 Å². The van der Waals surface area contributed by atoms with E-state index in [0.717, 1.165) is 0 Å². The molecule has 1 atom stereocenters. The molecule has 7 nitrogen and oxygen atoms in total. The van der Waals surface area contributed by atoms with Crippen molar-refractivity contribution in [2.24, 2.45) is 0 Å². The lowest BCUT2D eigenvalue weighted by atomic mass is 10.1. The van der Waals surface area contributed by atoms with Gasteiger partial charge in [-0.1, -0.05) is 11.6 Å². The maximum atomic E-state index is 12.4. The number of amides is 1. The van der Waals surface area contributed by atoms with Crippen LogP contribution in [0.25, 0.3) is 0 Å². The van der Waals surface area contributed by atoms with Crippen molar-refractivity contribution in [3.05, 3.63) is 87.8 Å². The molecule has 3 rings (SSSR count). The van der Waals surface area contributed by atoms with Crippen LogP contribution < -0.4 is 10.6 Å². The number of non-ortho nitro benzene ring substituents is 1. The van der Waals surface area contributed by atoms with Crippen LogP contribution in [-0.4, -0.2) is 10.8 Å². The number of halogens is 1. The number of hydrogen-bond acceptors (Lipinski definition) is 5. The van der Waals surface area contributed by atoms with Crippen molar-refractivity contribution in [3.63, 3.8) is 0 Å². The third-order valence-electron chi connectivity index (χ3n) is 3.82. The molecule has 1 heterocycles. The van der Waals surface area contributed by atoms with Crippen LogP contribution in [0.3, 0.4) is 0 Å². The van der Waals surface area contributed by atoms with E-state index in [-0.39, 0.29) is 18.0 Å². The van der Waals surface area contributed by atoms with Gasteiger partial charge in [0.05, 0.1) is 23.6 Å². The van der Waals surface area contributed by atoms with E-state index in [0.29, 0.717) is 22.2 Å². The Labute approximate surface area is 160 Å². The molecule has 3 aromatic rings. The number of nitrogens with one attached hydrogen (secondary N) is 2. The second-order valence-electron chi connectivity index (χ2n) is 5.78. The Kier molecular flexibility index (Phi) is 5.73. The Balaban J connectivity index is 1.70. The van der Waals surface area contributed by atoms with E-state index >= 15 is 0 Å². The molecular weight excluding hydrogens is 370 g/mol. The number of nitro groups is 1. The van der Waals surface area contributed by atoms with Gasteiger partial charge in [0.25, 0.3) is 5.69 Å². The van der Waals surface area contributed by atoms with Gasteiger partial charge >= 0.3 is 0 Å². The first kappa shape index (κ1) is 18.5. The summed E-state index contributed by atoms with van der Waals surface area (Å²) in [7, 11) is 0. The number of nitro benzene ring substituents is 1. The fraction of sp³-hybridized carbons (Fsp3) is 0.105. The van der Waals surface area contributed by atoms with Gasteiger partial charge in [-0.25, -0.2) is 0 Å². The van der Waals surface area contributed by atoms with Crippen molar-refractivity contribution in [3.8, 4) is 0 Å². The van der Waals surface area contributed by atoms with Gasteiger partial charge in [0.15, 0.2) is 0 Å². The zero-order chi connectivity index (χ0) is 19.2. The summed E-state index contributed by atoms with van der Waals surface area (Å²) in [4.78, 5) is 22.7. The van der Waals surface area contributed by atoms with Crippen LogP contribution in [-0.2, 0) is 4.79 Å². The summed E-state index contributed by atoms with van der Waals surface area (Å²) >= 11 is 5.84. The van der Waals surface area contributed by atoms with Gasteiger partial charge < -0.3 is 15.1 Å². The van der Waals surface area contributed by atoms with Crippen molar-refractivity contribution in [1.82, 2.24) is 0 Å². The largest absolute Gasteiger partial charge is 0.467 e. The molecule has 1 amide bonds. The quantitative estimate of drug-likeness (QED) is 0.439. The molecule has 0 saturated carbocycles. The minimum Gasteiger partial charge on any atom is -0.467 e. The molecule has 138 valence electrons. The van der Waals surface area contributed by atoms with Crippen LogP contribution in [0.15, 0.2) is 71.3 Å². The van der Waals surface area contributed by atoms with E-state index in [2.05, 4.69) is 10.6 Å². The van der Waals surface area contributed by atoms with Crippen LogP contribution in [0, 0.1) is 10.1 Å². The van der Waals surface area contributed by atoms with Crippen molar-refractivity contribution in [1.29, 1.82) is 0 Å². The predicted octanol–water partition coefficient (Wildman–Crippen LogP) is 5.02. The Morgan fingerprint density at radius 2 is 1.74 bits per heavy atom. The number of carbonyl (C=O) groups excluding carboxylic acids is 1. The molecule has 0 radical (unpaired) electrons. The molecule has 0 bridgehead atoms. The topological polar surface area (TPSA) is 97.4 Å². The zero-order valence-electron chi connectivity index (χ0n) is 14.1. The Morgan fingerprint density at radius 1 is 1.07 bits per heavy atom. The van der Waals surface area contributed by atoms with Crippen molar-refractivity contribution in [2.75, 3.05) is 10.6 Å². The monoisotopic (exact) mass is 385 g/mol. The summed E-state index contributed by atoms with van der Waals surface area (Å²) in [6.07, 6.45) is 1.63. The maximum absolute atomic E-state index is 12.4. The number of anilines is 2. The number of rotatable bonds is 7. The van der Waals surface area contributed by atoms with Crippen LogP contribution in [0.1, 0.15) is 18.2 Å². The minimum atomic E-state index is -0.465. The molecule has 0 aliphatic carbocycles. The van der Waals surface area contributed by atoms with Gasteiger partial charge in [-0.05, 0) is 48.5 Å². The molecule has 2 N–H and O–H groups in total. The first-order valence-electron chi connectivity index (χ1n) is 8.11. The third kappa shape index (κ3) is 5.08. The second-order valence-corrected chi connectivity index (χ2v) is 6.21. The van der Waals surface area contributed by atoms with Gasteiger partial charge in [0.1, 0.15) is 5.76 Å². The van der Waals surface area contributed by atoms with E-state index in [1.54, 1.807) is 48.5 Å². The number of furan rings is 1. The van der Waals surface area contributed by atoms with E-state index in [1.165, 1.54) is 18.4 Å². The second kappa shape index (κ2) is 8.37. The van der Waals surface area contributed by atoms with Crippen LogP contribution in [0.4, 0.5) is 17.1 Å². The summed E-state index contributed by atoms with van der Waals surface area (Å²) in [6, 6.07) is 15.8. The van der Waals surface area contributed by atoms with Gasteiger partial charge in [-0.15, -0.1) is 0 Å². The molecule has 1 aromatic heterocycles. The molecule has 0 aliphatic rings. The highest BCUT2D eigenvalue weighted by atomic mass is 35.5. The summed E-state index contributed by atoms with van der Waals surface area (Å²) in [5, 5.41) is 17.3. The Morgan fingerprint density at radius 3 is 2.33 bits per heavy atom. The number of nitrogens with zero attached hydrogens (tertiary/aromatic N) is 1. The highest BCUT2D eigenvalue weighted by Gasteiger charge is 2.19. The standard InChI is InChI=1S/C19H16ClN3O4/c20-13-3-5-15(6-4-13)22-19(24)12-17(18-2-1-11-27-18)21-14-7-9-16(10-8-14)23(25)26/h1-11,17,21H,12H2,(H,22,24). The number of benzene rings is 2. The van der Waals surface area contributed by atoms with Crippen molar-refractivity contribution >= 4 is 34.6 Å². The molecule has 27 heavy (non-hydrogen) atoms. The summed E-state index contributed by atoms with van der Waals surface area (Å²) < 4.78 is 5.43. The van der Waals surface area contributed by atoms with E-state index in [1.807, 2.05) is 0 Å². The third-order valence-corrected chi connectivity index (χ3v) is 4.08. The van der Waals surface area contributed by atoms with Crippen molar-refractivity contribution < 1.29 is 14.1 Å². The highest BCUT2D eigenvalue weighted by molar-refractivity contribution is 6.30. The summed E-state index contributed by atoms with van der Waals surface area (Å²) in [5.41, 5.74) is 1.27. The lowest BCUT2D eigenvalue weighted by Crippen LogP contribution is -2.20. The molecule has 0 aliphatic heterocycles. The zero-order valence-corrected chi connectivity index (χ0v) is 14.8. The Bertz CT molecular complexity index is 909. The van der Waals surface area contributed by atoms with Crippen LogP contribution in [0.5, 0.6) is 0 Å². The first-order chi connectivity index (χ1) is 13.0. The lowest BCUT2D eigenvalue weighted by molar-refractivity contribution is -0.384. The normalized spacial score (nSPS) is 11.6.